The van der Waals surface area contributed by atoms with Crippen molar-refractivity contribution in [3.8, 4) is 50.6 Å². The number of aromatic nitrogens is 2. The minimum absolute atomic E-state index is 0.525. The molecule has 0 aliphatic heterocycles. The van der Waals surface area contributed by atoms with Crippen molar-refractivity contribution in [2.45, 2.75) is 18.3 Å². The summed E-state index contributed by atoms with van der Waals surface area (Å²) >= 11 is 0. The van der Waals surface area contributed by atoms with Crippen LogP contribution in [0, 0.1) is 0 Å². The zero-order valence-electron chi connectivity index (χ0n) is 32.5. The molecule has 0 atom stereocenters. The summed E-state index contributed by atoms with van der Waals surface area (Å²) in [6.07, 6.45) is 8.74. The van der Waals surface area contributed by atoms with Crippen molar-refractivity contribution in [2.75, 3.05) is 4.90 Å². The first-order chi connectivity index (χ1) is 29.3. The van der Waals surface area contributed by atoms with Crippen LogP contribution in [0.5, 0.6) is 0 Å². The third kappa shape index (κ3) is 4.98. The second kappa shape index (κ2) is 13.3. The fourth-order valence-electron chi connectivity index (χ4n) is 10.3. The Kier molecular flexibility index (Phi) is 7.58. The van der Waals surface area contributed by atoms with Gasteiger partial charge in [0.25, 0.3) is 0 Å². The Bertz CT molecular complexity index is 3050. The number of para-hydroxylation sites is 1. The SMILES string of the molecule is C1=CCCC(N(c2ccccc2)c2ccc3c(c2)c2c(n3-c3cc(-c4ccccc4)nc(-c4ccccc4)c3)-c3ccccc3C23c2ccccc2-c2ccccc23)=C1. The molecule has 2 aromatic heterocycles. The molecule has 0 fully saturated rings. The molecule has 0 unspecified atom stereocenters. The maximum Gasteiger partial charge on any atom is 0.0747 e. The topological polar surface area (TPSA) is 21.1 Å². The maximum absolute atomic E-state index is 5.32. The van der Waals surface area contributed by atoms with E-state index < -0.39 is 5.41 Å². The van der Waals surface area contributed by atoms with Gasteiger partial charge in [-0.2, -0.15) is 0 Å². The van der Waals surface area contributed by atoms with Crippen LogP contribution >= 0.6 is 0 Å². The van der Waals surface area contributed by atoms with Crippen LogP contribution in [0.2, 0.25) is 0 Å². The van der Waals surface area contributed by atoms with Gasteiger partial charge in [0.1, 0.15) is 0 Å². The highest BCUT2D eigenvalue weighted by Gasteiger charge is 2.54. The van der Waals surface area contributed by atoms with E-state index in [2.05, 4.69) is 222 Å². The molecule has 2 heterocycles. The van der Waals surface area contributed by atoms with Crippen LogP contribution in [0.25, 0.3) is 61.5 Å². The number of pyridine rings is 1. The molecule has 0 N–H and O–H groups in total. The third-order valence-corrected chi connectivity index (χ3v) is 12.6. The molecule has 3 heteroatoms. The molecule has 9 aromatic rings. The molecule has 0 saturated carbocycles. The van der Waals surface area contributed by atoms with Gasteiger partial charge in [0.2, 0.25) is 0 Å². The van der Waals surface area contributed by atoms with Gasteiger partial charge in [-0.05, 0) is 89.2 Å². The van der Waals surface area contributed by atoms with Gasteiger partial charge in [0.15, 0.2) is 0 Å². The molecule has 0 saturated heterocycles. The third-order valence-electron chi connectivity index (χ3n) is 12.6. The van der Waals surface area contributed by atoms with Crippen LogP contribution in [0.4, 0.5) is 11.4 Å². The summed E-state index contributed by atoms with van der Waals surface area (Å²) in [5.41, 5.74) is 19.8. The first kappa shape index (κ1) is 33.6. The highest BCUT2D eigenvalue weighted by Crippen LogP contribution is 2.65. The van der Waals surface area contributed by atoms with Gasteiger partial charge in [-0.25, -0.2) is 4.98 Å². The molecule has 0 radical (unpaired) electrons. The van der Waals surface area contributed by atoms with Crippen molar-refractivity contribution in [2.24, 2.45) is 0 Å². The van der Waals surface area contributed by atoms with Crippen molar-refractivity contribution >= 4 is 22.3 Å². The molecule has 278 valence electrons. The van der Waals surface area contributed by atoms with E-state index in [9.17, 15) is 0 Å². The molecular weight excluding hydrogens is 715 g/mol. The van der Waals surface area contributed by atoms with E-state index in [4.69, 9.17) is 4.98 Å². The lowest BCUT2D eigenvalue weighted by Gasteiger charge is -2.31. The monoisotopic (exact) mass is 753 g/mol. The number of hydrogen-bond acceptors (Lipinski definition) is 2. The number of hydrogen-bond donors (Lipinski definition) is 0. The van der Waals surface area contributed by atoms with Crippen LogP contribution in [0.15, 0.2) is 218 Å². The van der Waals surface area contributed by atoms with Crippen molar-refractivity contribution in [1.82, 2.24) is 9.55 Å². The molecule has 59 heavy (non-hydrogen) atoms. The summed E-state index contributed by atoms with van der Waals surface area (Å²) in [6, 6.07) is 71.1. The highest BCUT2D eigenvalue weighted by atomic mass is 15.1. The maximum atomic E-state index is 5.32. The predicted octanol–water partition coefficient (Wildman–Crippen LogP) is 14.1. The van der Waals surface area contributed by atoms with E-state index >= 15 is 0 Å². The van der Waals surface area contributed by atoms with Gasteiger partial charge in [0.05, 0.1) is 33.7 Å². The first-order valence-corrected chi connectivity index (χ1v) is 20.6. The Hall–Kier alpha value is -7.49. The lowest BCUT2D eigenvalue weighted by Crippen LogP contribution is -2.25. The van der Waals surface area contributed by atoms with Gasteiger partial charge in [-0.3, -0.25) is 0 Å². The number of nitrogens with zero attached hydrogens (tertiary/aromatic N) is 3. The summed E-state index contributed by atoms with van der Waals surface area (Å²) in [4.78, 5) is 7.79. The molecule has 0 amide bonds. The number of fused-ring (bicyclic) bond motifs is 12. The van der Waals surface area contributed by atoms with E-state index in [1.54, 1.807) is 0 Å². The standard InChI is InChI=1S/C56H39N3/c1-5-19-38(20-6-1)51-36-43(37-52(57-51)39-21-7-2-8-22-39)59-53-34-33-42(58(40-23-9-3-10-24-40)41-25-11-4-12-26-41)35-47(53)54-55(59)46-29-15-18-32-50(46)56(54)48-30-16-13-27-44(48)45-28-14-17-31-49(45)56/h1-11,13-25,27-37H,12,26H2. The van der Waals surface area contributed by atoms with Gasteiger partial charge < -0.3 is 9.47 Å². The number of rotatable bonds is 6. The van der Waals surface area contributed by atoms with Crippen LogP contribution in [0.1, 0.15) is 35.1 Å². The largest absolute Gasteiger partial charge is 0.314 e. The normalized spacial score (nSPS) is 14.1. The average Bonchev–Trinajstić information content (AvgIpc) is 3.92. The molecule has 12 rings (SSSR count). The Morgan fingerprint density at radius 3 is 1.64 bits per heavy atom. The van der Waals surface area contributed by atoms with E-state index in [1.165, 1.54) is 61.2 Å². The average molecular weight is 754 g/mol. The molecule has 3 nitrogen and oxygen atoms in total. The highest BCUT2D eigenvalue weighted by molar-refractivity contribution is 6.06. The molecular formula is C56H39N3. The Morgan fingerprint density at radius 1 is 0.508 bits per heavy atom. The second-order valence-corrected chi connectivity index (χ2v) is 15.8. The molecule has 3 aliphatic carbocycles. The second-order valence-electron chi connectivity index (χ2n) is 15.8. The van der Waals surface area contributed by atoms with Crippen LogP contribution in [-0.2, 0) is 5.41 Å². The minimum atomic E-state index is -0.525. The first-order valence-electron chi connectivity index (χ1n) is 20.6. The van der Waals surface area contributed by atoms with Crippen LogP contribution < -0.4 is 4.90 Å². The Balaban J connectivity index is 1.23. The van der Waals surface area contributed by atoms with E-state index in [0.29, 0.717) is 0 Å². The Labute approximate surface area is 344 Å². The fourth-order valence-corrected chi connectivity index (χ4v) is 10.3. The smallest absolute Gasteiger partial charge is 0.0747 e. The van der Waals surface area contributed by atoms with E-state index in [1.807, 2.05) is 0 Å². The molecule has 0 bridgehead atoms. The predicted molar refractivity (Wildman–Crippen MR) is 243 cm³/mol. The lowest BCUT2D eigenvalue weighted by molar-refractivity contribution is 0.801. The molecule has 1 spiro atoms. The van der Waals surface area contributed by atoms with Crippen LogP contribution in [-0.4, -0.2) is 9.55 Å². The number of allylic oxidation sites excluding steroid dienone is 4. The molecule has 3 aliphatic rings. The van der Waals surface area contributed by atoms with Crippen molar-refractivity contribution in [1.29, 1.82) is 0 Å². The van der Waals surface area contributed by atoms with Crippen molar-refractivity contribution in [3.05, 3.63) is 240 Å². The summed E-state index contributed by atoms with van der Waals surface area (Å²) in [7, 11) is 0. The summed E-state index contributed by atoms with van der Waals surface area (Å²) in [5, 5.41) is 1.24. The van der Waals surface area contributed by atoms with E-state index in [0.717, 1.165) is 52.4 Å². The van der Waals surface area contributed by atoms with Gasteiger partial charge >= 0.3 is 0 Å². The summed E-state index contributed by atoms with van der Waals surface area (Å²) in [6.45, 7) is 0. The number of anilines is 2. The lowest BCUT2D eigenvalue weighted by atomic mass is 9.70. The van der Waals surface area contributed by atoms with Gasteiger partial charge in [-0.1, -0.05) is 164 Å². The van der Waals surface area contributed by atoms with E-state index in [-0.39, 0.29) is 0 Å². The van der Waals surface area contributed by atoms with Crippen LogP contribution in [0.3, 0.4) is 0 Å². The van der Waals surface area contributed by atoms with Crippen molar-refractivity contribution < 1.29 is 0 Å². The summed E-state index contributed by atoms with van der Waals surface area (Å²) in [5.74, 6) is 0. The van der Waals surface area contributed by atoms with Crippen molar-refractivity contribution in [3.63, 3.8) is 0 Å². The Morgan fingerprint density at radius 2 is 1.05 bits per heavy atom. The zero-order chi connectivity index (χ0) is 38.9. The molecule has 7 aromatic carbocycles. The van der Waals surface area contributed by atoms with Gasteiger partial charge in [0, 0.05) is 44.7 Å². The number of benzene rings is 7. The minimum Gasteiger partial charge on any atom is -0.314 e. The quantitative estimate of drug-likeness (QED) is 0.169. The zero-order valence-corrected chi connectivity index (χ0v) is 32.5. The fraction of sp³-hybridized carbons (Fsp3) is 0.0536. The van der Waals surface area contributed by atoms with Gasteiger partial charge in [-0.15, -0.1) is 0 Å². The summed E-state index contributed by atoms with van der Waals surface area (Å²) < 4.78 is 2.54.